The normalized spacial score (nSPS) is 11.4. The molecule has 0 aliphatic rings. The molecule has 6 nitrogen and oxygen atoms in total. The van der Waals surface area contributed by atoms with Crippen LogP contribution in [0.15, 0.2) is 65.6 Å². The van der Waals surface area contributed by atoms with E-state index in [1.54, 1.807) is 0 Å². The van der Waals surface area contributed by atoms with Crippen molar-refractivity contribution in [3.8, 4) is 0 Å². The molecular formula is C24H23Cl2FN2O4S. The number of aryl methyl sites for hydroxylation is 1. The van der Waals surface area contributed by atoms with Crippen molar-refractivity contribution < 1.29 is 22.7 Å². The molecule has 0 unspecified atom stereocenters. The number of nitrogens with one attached hydrogen (secondary N) is 2. The third-order valence-corrected chi connectivity index (χ3v) is 7.25. The van der Waals surface area contributed by atoms with Crippen LogP contribution >= 0.6 is 23.2 Å². The highest BCUT2D eigenvalue weighted by molar-refractivity contribution is 7.89. The molecule has 0 aliphatic heterocycles. The van der Waals surface area contributed by atoms with Gasteiger partial charge in [0.1, 0.15) is 10.7 Å². The van der Waals surface area contributed by atoms with E-state index in [9.17, 15) is 22.7 Å². The van der Waals surface area contributed by atoms with Gasteiger partial charge in [-0.05, 0) is 54.7 Å². The zero-order valence-electron chi connectivity index (χ0n) is 18.0. The molecule has 0 amide bonds. The van der Waals surface area contributed by atoms with Gasteiger partial charge in [0, 0.05) is 13.1 Å². The third-order valence-electron chi connectivity index (χ3n) is 5.09. The van der Waals surface area contributed by atoms with Gasteiger partial charge >= 0.3 is 5.97 Å². The number of hydrogen-bond donors (Lipinski definition) is 3. The van der Waals surface area contributed by atoms with Crippen LogP contribution in [0.4, 0.5) is 10.1 Å². The number of carboxylic acids is 1. The Morgan fingerprint density at radius 1 is 0.941 bits per heavy atom. The number of halogens is 3. The lowest BCUT2D eigenvalue weighted by molar-refractivity contribution is 0.0697. The molecule has 0 spiro atoms. The highest BCUT2D eigenvalue weighted by Gasteiger charge is 2.23. The van der Waals surface area contributed by atoms with Crippen molar-refractivity contribution in [2.75, 3.05) is 11.9 Å². The van der Waals surface area contributed by atoms with Crippen LogP contribution in [0, 0.1) is 5.82 Å². The van der Waals surface area contributed by atoms with Gasteiger partial charge in [0.15, 0.2) is 0 Å². The molecule has 3 N–H and O–H groups in total. The van der Waals surface area contributed by atoms with E-state index in [4.69, 9.17) is 23.2 Å². The van der Waals surface area contributed by atoms with Crippen LogP contribution in [-0.4, -0.2) is 26.0 Å². The number of unbranched alkanes of at least 4 members (excludes halogenated alkanes) is 1. The summed E-state index contributed by atoms with van der Waals surface area (Å²) in [4.78, 5) is 11.4. The van der Waals surface area contributed by atoms with Crippen molar-refractivity contribution in [3.63, 3.8) is 0 Å². The fraction of sp³-hybridized carbons (Fsp3) is 0.208. The standard InChI is InChI=1S/C24H23Cl2FN2O4S/c25-19-12-17(9-10-21(19)27)15-29-34(32,33)23-13-18(24(30)31)22(14-20(23)26)28-11-5-4-8-16-6-2-1-3-7-16/h1-3,6-7,9-10,12-14,28-29H,4-5,8,11,15H2,(H,30,31). The van der Waals surface area contributed by atoms with Gasteiger partial charge in [0.25, 0.3) is 0 Å². The number of hydrogen-bond acceptors (Lipinski definition) is 4. The lowest BCUT2D eigenvalue weighted by Crippen LogP contribution is -2.24. The van der Waals surface area contributed by atoms with Gasteiger partial charge in [-0.15, -0.1) is 0 Å². The van der Waals surface area contributed by atoms with Crippen molar-refractivity contribution in [1.29, 1.82) is 0 Å². The molecule has 0 heterocycles. The first-order chi connectivity index (χ1) is 16.2. The fourth-order valence-electron chi connectivity index (χ4n) is 3.31. The molecular weight excluding hydrogens is 502 g/mol. The second-order valence-corrected chi connectivity index (χ2v) is 10.1. The quantitative estimate of drug-likeness (QED) is 0.278. The number of anilines is 1. The Hall–Kier alpha value is -2.65. The molecule has 0 saturated heterocycles. The molecule has 0 saturated carbocycles. The maximum atomic E-state index is 13.3. The lowest BCUT2D eigenvalue weighted by atomic mass is 10.1. The van der Waals surface area contributed by atoms with Crippen LogP contribution in [-0.2, 0) is 23.0 Å². The Morgan fingerprint density at radius 3 is 2.35 bits per heavy atom. The van der Waals surface area contributed by atoms with Gasteiger partial charge in [0.05, 0.1) is 21.3 Å². The van der Waals surface area contributed by atoms with Gasteiger partial charge in [-0.1, -0.05) is 59.6 Å². The minimum Gasteiger partial charge on any atom is -0.478 e. The summed E-state index contributed by atoms with van der Waals surface area (Å²) in [6.07, 6.45) is 2.58. The van der Waals surface area contributed by atoms with Crippen molar-refractivity contribution in [3.05, 3.63) is 93.2 Å². The number of carbonyl (C=O) groups is 1. The summed E-state index contributed by atoms with van der Waals surface area (Å²) in [5.74, 6) is -1.91. The van der Waals surface area contributed by atoms with E-state index >= 15 is 0 Å². The first kappa shape index (κ1) is 26.0. The van der Waals surface area contributed by atoms with Crippen molar-refractivity contribution in [2.24, 2.45) is 0 Å². The van der Waals surface area contributed by atoms with E-state index in [1.807, 2.05) is 30.3 Å². The largest absolute Gasteiger partial charge is 0.478 e. The van der Waals surface area contributed by atoms with Crippen LogP contribution in [0.5, 0.6) is 0 Å². The summed E-state index contributed by atoms with van der Waals surface area (Å²) < 4.78 is 41.2. The second kappa shape index (κ2) is 11.7. The van der Waals surface area contributed by atoms with Crippen LogP contribution in [0.1, 0.15) is 34.3 Å². The number of sulfonamides is 1. The second-order valence-electron chi connectivity index (χ2n) is 7.58. The predicted octanol–water partition coefficient (Wildman–Crippen LogP) is 5.74. The molecule has 0 radical (unpaired) electrons. The third kappa shape index (κ3) is 6.93. The molecule has 3 aromatic carbocycles. The molecule has 10 heteroatoms. The van der Waals surface area contributed by atoms with Gasteiger partial charge in [0.2, 0.25) is 10.0 Å². The number of aromatic carboxylic acids is 1. The van der Waals surface area contributed by atoms with E-state index in [-0.39, 0.29) is 32.7 Å². The van der Waals surface area contributed by atoms with Crippen LogP contribution in [0.3, 0.4) is 0 Å². The van der Waals surface area contributed by atoms with E-state index in [0.29, 0.717) is 12.1 Å². The molecule has 180 valence electrons. The van der Waals surface area contributed by atoms with Gasteiger partial charge in [-0.25, -0.2) is 22.3 Å². The molecule has 0 bridgehead atoms. The summed E-state index contributed by atoms with van der Waals surface area (Å²) in [7, 11) is -4.15. The molecule has 3 aromatic rings. The molecule has 0 aliphatic carbocycles. The highest BCUT2D eigenvalue weighted by atomic mass is 35.5. The minimum atomic E-state index is -4.15. The number of benzene rings is 3. The van der Waals surface area contributed by atoms with Crippen LogP contribution < -0.4 is 10.0 Å². The average Bonchev–Trinajstić information content (AvgIpc) is 2.80. The predicted molar refractivity (Wildman–Crippen MR) is 132 cm³/mol. The average molecular weight is 525 g/mol. The molecule has 0 fully saturated rings. The number of carboxylic acid groups (broad SMARTS) is 1. The molecule has 0 aromatic heterocycles. The SMILES string of the molecule is O=C(O)c1cc(S(=O)(=O)NCc2ccc(F)c(Cl)c2)c(Cl)cc1NCCCCc1ccccc1. The Kier molecular flexibility index (Phi) is 8.90. The van der Waals surface area contributed by atoms with Gasteiger partial charge in [-0.2, -0.15) is 0 Å². The Bertz CT molecular complexity index is 1270. The van der Waals surface area contributed by atoms with Gasteiger partial charge < -0.3 is 10.4 Å². The van der Waals surface area contributed by atoms with E-state index in [0.717, 1.165) is 31.4 Å². The van der Waals surface area contributed by atoms with Gasteiger partial charge in [-0.3, -0.25) is 0 Å². The fourth-order valence-corrected chi connectivity index (χ4v) is 5.08. The Morgan fingerprint density at radius 2 is 1.68 bits per heavy atom. The number of rotatable bonds is 11. The Labute approximate surface area is 207 Å². The zero-order valence-corrected chi connectivity index (χ0v) is 20.4. The summed E-state index contributed by atoms with van der Waals surface area (Å²) in [6.45, 7) is 0.321. The van der Waals surface area contributed by atoms with Crippen molar-refractivity contribution in [1.82, 2.24) is 4.72 Å². The highest BCUT2D eigenvalue weighted by Crippen LogP contribution is 2.29. The first-order valence-corrected chi connectivity index (χ1v) is 12.7. The van der Waals surface area contributed by atoms with Crippen LogP contribution in [0.25, 0.3) is 0 Å². The Balaban J connectivity index is 1.67. The molecule has 34 heavy (non-hydrogen) atoms. The smallest absolute Gasteiger partial charge is 0.337 e. The topological polar surface area (TPSA) is 95.5 Å². The lowest BCUT2D eigenvalue weighted by Gasteiger charge is -2.14. The summed E-state index contributed by atoms with van der Waals surface area (Å²) >= 11 is 11.9. The van der Waals surface area contributed by atoms with E-state index < -0.39 is 21.8 Å². The summed E-state index contributed by atoms with van der Waals surface area (Å²) in [5, 5.41) is 12.4. The monoisotopic (exact) mass is 524 g/mol. The molecule has 0 atom stereocenters. The maximum absolute atomic E-state index is 13.3. The van der Waals surface area contributed by atoms with Crippen molar-refractivity contribution in [2.45, 2.75) is 30.7 Å². The zero-order chi connectivity index (χ0) is 24.7. The maximum Gasteiger partial charge on any atom is 0.337 e. The first-order valence-electron chi connectivity index (χ1n) is 10.5. The van der Waals surface area contributed by atoms with Crippen LogP contribution in [0.2, 0.25) is 10.0 Å². The van der Waals surface area contributed by atoms with Crippen molar-refractivity contribution >= 4 is 44.9 Å². The minimum absolute atomic E-state index is 0.124. The summed E-state index contributed by atoms with van der Waals surface area (Å²) in [5.41, 5.74) is 1.68. The molecule has 3 rings (SSSR count). The van der Waals surface area contributed by atoms with E-state index in [2.05, 4.69) is 10.0 Å². The van der Waals surface area contributed by atoms with E-state index in [1.165, 1.54) is 23.8 Å². The summed E-state index contributed by atoms with van der Waals surface area (Å²) in [6, 6.07) is 16.2.